The summed E-state index contributed by atoms with van der Waals surface area (Å²) in [6.07, 6.45) is 14.7. The molecule has 7 atom stereocenters. The minimum absolute atomic E-state index is 0.0680. The van der Waals surface area contributed by atoms with Crippen molar-refractivity contribution in [2.75, 3.05) is 65.2 Å². The van der Waals surface area contributed by atoms with Crippen LogP contribution in [0.25, 0.3) is 0 Å². The van der Waals surface area contributed by atoms with Crippen LogP contribution in [-0.2, 0) is 0 Å². The van der Waals surface area contributed by atoms with Crippen molar-refractivity contribution >= 4 is 17.8 Å². The molecule has 6 rings (SSSR count). The van der Waals surface area contributed by atoms with E-state index in [2.05, 4.69) is 32.0 Å². The maximum Gasteiger partial charge on any atom is 0.315 e. The van der Waals surface area contributed by atoms with Crippen LogP contribution in [0.2, 0.25) is 0 Å². The van der Waals surface area contributed by atoms with Crippen molar-refractivity contribution in [1.29, 1.82) is 0 Å². The van der Waals surface area contributed by atoms with Gasteiger partial charge in [0.25, 0.3) is 0 Å². The van der Waals surface area contributed by atoms with Gasteiger partial charge in [-0.1, -0.05) is 6.42 Å². The van der Waals surface area contributed by atoms with Gasteiger partial charge in [-0.25, -0.2) is 4.79 Å². The van der Waals surface area contributed by atoms with Crippen LogP contribution in [-0.4, -0.2) is 104 Å². The average molecular weight is 495 g/mol. The van der Waals surface area contributed by atoms with E-state index in [1.165, 1.54) is 97.3 Å². The summed E-state index contributed by atoms with van der Waals surface area (Å²) < 4.78 is 0. The summed E-state index contributed by atoms with van der Waals surface area (Å²) in [7, 11) is 0. The van der Waals surface area contributed by atoms with Crippen LogP contribution >= 0.6 is 11.8 Å². The number of fused-ring (bicyclic) bond motifs is 3. The van der Waals surface area contributed by atoms with E-state index < -0.39 is 0 Å². The fourth-order valence-electron chi connectivity index (χ4n) is 7.68. The molecule has 5 N–H and O–H groups in total. The summed E-state index contributed by atoms with van der Waals surface area (Å²) in [6, 6.07) is 1.05. The number of nitrogens with one attached hydrogen (secondary N) is 3. The Morgan fingerprint density at radius 2 is 1.94 bits per heavy atom. The first kappa shape index (κ1) is 25.1. The van der Waals surface area contributed by atoms with Crippen LogP contribution in [0.3, 0.4) is 0 Å². The molecule has 5 saturated heterocycles. The maximum absolute atomic E-state index is 12.6. The Hall–Kier alpha value is -0.540. The summed E-state index contributed by atoms with van der Waals surface area (Å²) in [6.45, 7) is 11.1. The van der Waals surface area contributed by atoms with Gasteiger partial charge >= 0.3 is 6.03 Å². The molecule has 7 nitrogen and oxygen atoms in total. The van der Waals surface area contributed by atoms with E-state index in [9.17, 15) is 4.79 Å². The third-order valence-electron chi connectivity index (χ3n) is 9.76. The Kier molecular flexibility index (Phi) is 8.96. The summed E-state index contributed by atoms with van der Waals surface area (Å²) in [4.78, 5) is 19.8. The number of nitrogens with two attached hydrogens (primary N) is 1. The fraction of sp³-hybridized carbons (Fsp3) is 0.962. The smallest absolute Gasteiger partial charge is 0.315 e. The van der Waals surface area contributed by atoms with Crippen LogP contribution in [0.4, 0.5) is 4.79 Å². The van der Waals surface area contributed by atoms with Crippen molar-refractivity contribution in [2.24, 2.45) is 11.8 Å². The lowest BCUT2D eigenvalue weighted by Crippen LogP contribution is -3.20. The van der Waals surface area contributed by atoms with Gasteiger partial charge in [-0.2, -0.15) is 11.8 Å². The number of hydrogen-bond acceptors (Lipinski definition) is 4. The number of amides is 2. The highest BCUT2D eigenvalue weighted by atomic mass is 32.2. The van der Waals surface area contributed by atoms with Crippen molar-refractivity contribution in [3.05, 3.63) is 0 Å². The number of nitrogens with zero attached hydrogens (tertiary/aromatic N) is 2. The van der Waals surface area contributed by atoms with Crippen LogP contribution in [0.15, 0.2) is 0 Å². The van der Waals surface area contributed by atoms with Gasteiger partial charge in [-0.05, 0) is 44.3 Å². The molecule has 0 aromatic carbocycles. The quantitative estimate of drug-likeness (QED) is 0.401. The number of urea groups is 1. The predicted molar refractivity (Wildman–Crippen MR) is 139 cm³/mol. The Balaban J connectivity index is 1.01. The molecule has 2 amide bonds. The zero-order valence-corrected chi connectivity index (χ0v) is 22.3. The van der Waals surface area contributed by atoms with Gasteiger partial charge in [-0.15, -0.1) is 0 Å². The highest BCUT2D eigenvalue weighted by Crippen LogP contribution is 2.28. The number of thioether (sulfide) groups is 1. The minimum atomic E-state index is 0.0680. The molecule has 1 aliphatic carbocycles. The van der Waals surface area contributed by atoms with Gasteiger partial charge < -0.3 is 25.8 Å². The number of carbonyl (C=O) groups is 1. The highest BCUT2D eigenvalue weighted by molar-refractivity contribution is 7.99. The molecular weight excluding hydrogens is 444 g/mol. The molecule has 8 heteroatoms. The number of rotatable bonds is 7. The molecule has 194 valence electrons. The van der Waals surface area contributed by atoms with Crippen molar-refractivity contribution in [3.8, 4) is 0 Å². The molecule has 5 heterocycles. The first-order valence-electron chi connectivity index (χ1n) is 14.4. The van der Waals surface area contributed by atoms with E-state index in [4.69, 9.17) is 0 Å². The van der Waals surface area contributed by atoms with Crippen LogP contribution in [0.1, 0.15) is 57.8 Å². The maximum atomic E-state index is 12.6. The Labute approximate surface area is 211 Å². The molecule has 7 unspecified atom stereocenters. The van der Waals surface area contributed by atoms with Gasteiger partial charge in [-0.3, -0.25) is 4.90 Å². The molecule has 0 radical (unpaired) electrons. The molecule has 34 heavy (non-hydrogen) atoms. The van der Waals surface area contributed by atoms with Crippen molar-refractivity contribution in [3.63, 3.8) is 0 Å². The molecule has 6 aliphatic rings. The number of hydrogen-bond donors (Lipinski definition) is 4. The van der Waals surface area contributed by atoms with Crippen LogP contribution < -0.4 is 20.9 Å². The predicted octanol–water partition coefficient (Wildman–Crippen LogP) is -0.0559. The molecule has 6 fully saturated rings. The molecular formula is C26H50N6OS+2. The highest BCUT2D eigenvalue weighted by Gasteiger charge is 2.44. The number of piperidine rings is 4. The van der Waals surface area contributed by atoms with E-state index in [-0.39, 0.29) is 6.03 Å². The summed E-state index contributed by atoms with van der Waals surface area (Å²) in [5, 5.41) is 9.83. The molecule has 0 aromatic rings. The first-order valence-corrected chi connectivity index (χ1v) is 15.7. The summed E-state index contributed by atoms with van der Waals surface area (Å²) in [5.74, 6) is 1.71. The molecule has 1 saturated carbocycles. The van der Waals surface area contributed by atoms with Crippen LogP contribution in [0, 0.1) is 11.8 Å². The monoisotopic (exact) mass is 494 g/mol. The first-order chi connectivity index (χ1) is 16.7. The number of quaternary nitrogens is 2. The van der Waals surface area contributed by atoms with Crippen molar-refractivity contribution in [2.45, 2.75) is 81.3 Å². The average Bonchev–Trinajstić information content (AvgIpc) is 2.89. The molecule has 0 aromatic heterocycles. The lowest BCUT2D eigenvalue weighted by molar-refractivity contribution is -0.945. The van der Waals surface area contributed by atoms with E-state index in [0.29, 0.717) is 17.3 Å². The van der Waals surface area contributed by atoms with Gasteiger partial charge in [0.05, 0.1) is 26.2 Å². The summed E-state index contributed by atoms with van der Waals surface area (Å²) >= 11 is 1.96. The second-order valence-electron chi connectivity index (χ2n) is 11.9. The lowest BCUT2D eigenvalue weighted by atomic mass is 9.75. The Morgan fingerprint density at radius 1 is 1.06 bits per heavy atom. The van der Waals surface area contributed by atoms with E-state index in [1.807, 2.05) is 11.8 Å². The molecule has 0 spiro atoms. The van der Waals surface area contributed by atoms with Gasteiger partial charge in [0, 0.05) is 69.2 Å². The number of carbonyl (C=O) groups excluding carboxylic acids is 1. The third-order valence-corrected chi connectivity index (χ3v) is 10.9. The summed E-state index contributed by atoms with van der Waals surface area (Å²) in [5.41, 5.74) is 0. The van der Waals surface area contributed by atoms with Crippen molar-refractivity contribution < 1.29 is 15.0 Å². The van der Waals surface area contributed by atoms with E-state index >= 15 is 0 Å². The molecule has 2 bridgehead atoms. The van der Waals surface area contributed by atoms with Gasteiger partial charge in [0.15, 0.2) is 0 Å². The zero-order valence-electron chi connectivity index (χ0n) is 21.5. The zero-order chi connectivity index (χ0) is 23.3. The second-order valence-corrected chi connectivity index (χ2v) is 13.0. The normalized spacial score (nSPS) is 39.6. The largest absolute Gasteiger partial charge is 0.335 e. The lowest BCUT2D eigenvalue weighted by Gasteiger charge is -2.49. The van der Waals surface area contributed by atoms with Crippen molar-refractivity contribution in [1.82, 2.24) is 20.4 Å². The molecule has 5 aliphatic heterocycles. The minimum Gasteiger partial charge on any atom is -0.335 e. The van der Waals surface area contributed by atoms with E-state index in [1.54, 1.807) is 4.90 Å². The Morgan fingerprint density at radius 3 is 2.68 bits per heavy atom. The standard InChI is InChI=1S/C26H48N6OS/c1-34-24-6-4-5-22(16-24)29-26(33)28-17-23-15-20-8-10-32(23)19-21(20)18-30-11-13-31(14-12-30)25-7-2-3-9-27-25/h20-25,27H,2-19H2,1H3,(H2,28,29,33)/p+2. The number of piperazine rings is 1. The Bertz CT molecular complexity index is 653. The topological polar surface area (TPSA) is 68.7 Å². The van der Waals surface area contributed by atoms with Gasteiger partial charge in [0.2, 0.25) is 0 Å². The second kappa shape index (κ2) is 12.1. The van der Waals surface area contributed by atoms with E-state index in [0.717, 1.165) is 37.4 Å². The SMILES string of the molecule is CSC1CCCC(NC(=O)NCC2CC3CC[NH+]2CC3CN2CCN(C3CCCC[NH2+]3)CC2)C1. The third kappa shape index (κ3) is 6.41. The fourth-order valence-corrected chi connectivity index (χ4v) is 8.50. The van der Waals surface area contributed by atoms with Gasteiger partial charge in [0.1, 0.15) is 12.2 Å². The van der Waals surface area contributed by atoms with Crippen LogP contribution in [0.5, 0.6) is 0 Å².